The zero-order chi connectivity index (χ0) is 24.6. The Morgan fingerprint density at radius 2 is 2.00 bits per heavy atom. The second-order valence-corrected chi connectivity index (χ2v) is 10.2. The fraction of sp³-hybridized carbons (Fsp3) is 0.200. The highest BCUT2D eigenvalue weighted by molar-refractivity contribution is 7.08. The van der Waals surface area contributed by atoms with Crippen LogP contribution in [0.15, 0.2) is 71.7 Å². The molecule has 3 heterocycles. The highest BCUT2D eigenvalue weighted by Gasteiger charge is 2.25. The van der Waals surface area contributed by atoms with Crippen molar-refractivity contribution in [1.29, 1.82) is 0 Å². The fourth-order valence-corrected chi connectivity index (χ4v) is 5.66. The van der Waals surface area contributed by atoms with E-state index in [1.165, 1.54) is 0 Å². The summed E-state index contributed by atoms with van der Waals surface area (Å²) in [5, 5.41) is 4.23. The van der Waals surface area contributed by atoms with E-state index in [1.54, 1.807) is 23.7 Å². The van der Waals surface area contributed by atoms with Gasteiger partial charge in [0.05, 0.1) is 17.6 Å². The molecule has 0 fully saturated rings. The second kappa shape index (κ2) is 9.36. The van der Waals surface area contributed by atoms with Gasteiger partial charge in [0.2, 0.25) is 0 Å². The minimum Gasteiger partial charge on any atom is -0.376 e. The summed E-state index contributed by atoms with van der Waals surface area (Å²) in [6.45, 7) is 0. The quantitative estimate of drug-likeness (QED) is 0.331. The molecule has 4 nitrogen and oxygen atoms in total. The Labute approximate surface area is 214 Å². The van der Waals surface area contributed by atoms with E-state index in [0.29, 0.717) is 11.1 Å². The van der Waals surface area contributed by atoms with Crippen LogP contribution in [-0.2, 0) is 12.8 Å². The molecule has 0 amide bonds. The van der Waals surface area contributed by atoms with Crippen LogP contribution in [-0.4, -0.2) is 29.0 Å². The first-order chi connectivity index (χ1) is 17.6. The first kappa shape index (κ1) is 22.7. The van der Waals surface area contributed by atoms with Crippen molar-refractivity contribution < 1.29 is 4.39 Å². The topological polar surface area (TPSA) is 44.8 Å². The maximum Gasteiger partial charge on any atom is 0.139 e. The highest BCUT2D eigenvalue weighted by atomic mass is 32.1. The van der Waals surface area contributed by atoms with Crippen molar-refractivity contribution in [3.8, 4) is 11.1 Å². The number of nitrogens with one attached hydrogen (secondary N) is 1. The van der Waals surface area contributed by atoms with Crippen molar-refractivity contribution in [3.05, 3.63) is 111 Å². The number of rotatable bonds is 4. The van der Waals surface area contributed by atoms with Gasteiger partial charge in [-0.1, -0.05) is 36.4 Å². The third kappa shape index (κ3) is 4.01. The number of anilines is 1. The number of allylic oxidation sites excluding steroid dienone is 4. The van der Waals surface area contributed by atoms with Crippen molar-refractivity contribution in [3.63, 3.8) is 0 Å². The van der Waals surface area contributed by atoms with E-state index in [9.17, 15) is 0 Å². The number of thiophene rings is 1. The van der Waals surface area contributed by atoms with Gasteiger partial charge in [0.25, 0.3) is 0 Å². The van der Waals surface area contributed by atoms with Crippen LogP contribution in [0.1, 0.15) is 46.7 Å². The summed E-state index contributed by atoms with van der Waals surface area (Å²) >= 11 is 1.68. The number of benzene rings is 1. The molecule has 180 valence electrons. The fourth-order valence-electron chi connectivity index (χ4n) is 5.00. The van der Waals surface area contributed by atoms with E-state index in [0.717, 1.165) is 76.4 Å². The van der Waals surface area contributed by atoms with Crippen molar-refractivity contribution >= 4 is 28.2 Å². The van der Waals surface area contributed by atoms with Crippen molar-refractivity contribution in [2.45, 2.75) is 25.7 Å². The number of aryl methyl sites for hydroxylation is 1. The molecule has 6 rings (SSSR count). The minimum atomic E-state index is -0.210. The third-order valence-corrected chi connectivity index (χ3v) is 7.57. The Kier molecular flexibility index (Phi) is 5.89. The van der Waals surface area contributed by atoms with Crippen LogP contribution in [0.2, 0.25) is 0 Å². The van der Waals surface area contributed by atoms with Gasteiger partial charge in [-0.3, -0.25) is 4.98 Å². The van der Waals surface area contributed by atoms with Crippen molar-refractivity contribution in [1.82, 2.24) is 15.0 Å². The summed E-state index contributed by atoms with van der Waals surface area (Å²) in [6.07, 6.45) is 15.5. The molecule has 36 heavy (non-hydrogen) atoms. The zero-order valence-electron chi connectivity index (χ0n) is 20.4. The normalized spacial score (nSPS) is 14.9. The van der Waals surface area contributed by atoms with Crippen molar-refractivity contribution in [2.75, 3.05) is 19.0 Å². The lowest BCUT2D eigenvalue weighted by Crippen LogP contribution is -2.09. The predicted octanol–water partition coefficient (Wildman–Crippen LogP) is 7.05. The number of aromatic nitrogens is 3. The Morgan fingerprint density at radius 1 is 1.08 bits per heavy atom. The summed E-state index contributed by atoms with van der Waals surface area (Å²) in [7, 11) is 3.92. The molecule has 2 aliphatic carbocycles. The number of aromatic amines is 1. The molecule has 2 aliphatic rings. The van der Waals surface area contributed by atoms with E-state index in [2.05, 4.69) is 57.2 Å². The summed E-state index contributed by atoms with van der Waals surface area (Å²) in [5.74, 6) is 0.522. The molecular weight excluding hydrogens is 467 g/mol. The molecule has 0 atom stereocenters. The number of hydrogen-bond donors (Lipinski definition) is 1. The molecule has 4 aromatic rings. The molecule has 0 bridgehead atoms. The number of nitrogens with zero attached hydrogens (tertiary/aromatic N) is 3. The lowest BCUT2D eigenvalue weighted by molar-refractivity contribution is 0.624. The molecule has 0 saturated heterocycles. The number of hydrogen-bond acceptors (Lipinski definition) is 4. The van der Waals surface area contributed by atoms with Crippen molar-refractivity contribution in [2.24, 2.45) is 0 Å². The Balaban J connectivity index is 1.48. The van der Waals surface area contributed by atoms with Crippen LogP contribution in [0.3, 0.4) is 0 Å². The monoisotopic (exact) mass is 494 g/mol. The first-order valence-corrected chi connectivity index (χ1v) is 13.2. The maximum atomic E-state index is 16.4. The number of halogens is 1. The molecule has 0 aliphatic heterocycles. The number of H-pyrrole nitrogens is 1. The van der Waals surface area contributed by atoms with Gasteiger partial charge in [-0.15, -0.1) is 0 Å². The average Bonchev–Trinajstić information content (AvgIpc) is 3.46. The molecule has 0 unspecified atom stereocenters. The Bertz CT molecular complexity index is 1520. The minimum absolute atomic E-state index is 0.210. The SMILES string of the molecule is CN(C)c1cncc(-c2ccc3c(c2F)C(c2nc4c([nH]2)CC=CC=C4c2ccsc2)=CCCC3)c1. The van der Waals surface area contributed by atoms with Gasteiger partial charge in [-0.25, -0.2) is 9.37 Å². The van der Waals surface area contributed by atoms with Gasteiger partial charge in [-0.05, 0) is 53.3 Å². The van der Waals surface area contributed by atoms with Crippen LogP contribution >= 0.6 is 11.3 Å². The predicted molar refractivity (Wildman–Crippen MR) is 147 cm³/mol. The zero-order valence-corrected chi connectivity index (χ0v) is 21.2. The van der Waals surface area contributed by atoms with E-state index in [1.807, 2.05) is 31.1 Å². The molecular formula is C30H27FN4S. The van der Waals surface area contributed by atoms with E-state index >= 15 is 4.39 Å². The number of fused-ring (bicyclic) bond motifs is 2. The molecule has 0 radical (unpaired) electrons. The lowest BCUT2D eigenvalue weighted by Gasteiger charge is -2.16. The third-order valence-electron chi connectivity index (χ3n) is 6.89. The van der Waals surface area contributed by atoms with E-state index in [-0.39, 0.29) is 5.82 Å². The summed E-state index contributed by atoms with van der Waals surface area (Å²) < 4.78 is 16.4. The van der Waals surface area contributed by atoms with Gasteiger partial charge in [0.15, 0.2) is 0 Å². The summed E-state index contributed by atoms with van der Waals surface area (Å²) in [6, 6.07) is 8.07. The second-order valence-electron chi connectivity index (χ2n) is 9.43. The van der Waals surface area contributed by atoms with Crippen LogP contribution in [0.4, 0.5) is 10.1 Å². The standard InChI is InChI=1S/C30H27FN4S/c1-35(2)22-15-21(16-32-17-22)23-12-11-19-7-3-4-9-25(27(19)28(23)31)30-33-26-10-6-5-8-24(29(26)34-30)20-13-14-36-18-20/h5-6,8-9,11-18H,3-4,7,10H2,1-2H3,(H,33,34). The average molecular weight is 495 g/mol. The summed E-state index contributed by atoms with van der Waals surface area (Å²) in [4.78, 5) is 15.0. The van der Waals surface area contributed by atoms with Crippen LogP contribution in [0, 0.1) is 5.82 Å². The molecule has 1 N–H and O–H groups in total. The molecule has 3 aromatic heterocycles. The van der Waals surface area contributed by atoms with Gasteiger partial charge in [-0.2, -0.15) is 11.3 Å². The maximum absolute atomic E-state index is 16.4. The lowest BCUT2D eigenvalue weighted by atomic mass is 9.93. The molecule has 0 spiro atoms. The van der Waals surface area contributed by atoms with E-state index < -0.39 is 0 Å². The van der Waals surface area contributed by atoms with Crippen LogP contribution in [0.5, 0.6) is 0 Å². The van der Waals surface area contributed by atoms with Crippen LogP contribution < -0.4 is 4.90 Å². The molecule has 0 saturated carbocycles. The molecule has 1 aromatic carbocycles. The van der Waals surface area contributed by atoms with Gasteiger partial charge in [0.1, 0.15) is 11.6 Å². The smallest absolute Gasteiger partial charge is 0.139 e. The number of pyridine rings is 1. The van der Waals surface area contributed by atoms with Crippen LogP contribution in [0.25, 0.3) is 22.3 Å². The van der Waals surface area contributed by atoms with Gasteiger partial charge < -0.3 is 9.88 Å². The summed E-state index contributed by atoms with van der Waals surface area (Å²) in [5.41, 5.74) is 9.05. The van der Waals surface area contributed by atoms with E-state index in [4.69, 9.17) is 4.98 Å². The first-order valence-electron chi connectivity index (χ1n) is 12.2. The largest absolute Gasteiger partial charge is 0.376 e. The molecule has 6 heteroatoms. The van der Waals surface area contributed by atoms with Gasteiger partial charge in [0, 0.05) is 60.2 Å². The Morgan fingerprint density at radius 3 is 2.83 bits per heavy atom. The Hall–Kier alpha value is -3.77. The van der Waals surface area contributed by atoms with Gasteiger partial charge >= 0.3 is 0 Å². The number of imidazole rings is 1. The highest BCUT2D eigenvalue weighted by Crippen LogP contribution is 2.38.